The predicted octanol–water partition coefficient (Wildman–Crippen LogP) is 2.21. The highest BCUT2D eigenvalue weighted by Crippen LogP contribution is 2.25. The molecule has 1 N–H and O–H groups in total. The topological polar surface area (TPSA) is 42.7 Å². The minimum atomic E-state index is 0.898. The van der Waals surface area contributed by atoms with Gasteiger partial charge in [0.25, 0.3) is 0 Å². The van der Waals surface area contributed by atoms with Gasteiger partial charge in [-0.3, -0.25) is 0 Å². The van der Waals surface area contributed by atoms with Crippen LogP contribution in [0.1, 0.15) is 11.1 Å². The van der Waals surface area contributed by atoms with Crippen LogP contribution in [0.4, 0.5) is 0 Å². The number of thioether (sulfide) groups is 1. The van der Waals surface area contributed by atoms with Crippen LogP contribution in [-0.4, -0.2) is 27.2 Å². The molecule has 0 spiro atoms. The molecule has 1 aliphatic heterocycles. The monoisotopic (exact) mass is 246 g/mol. The average Bonchev–Trinajstić information content (AvgIpc) is 2.76. The van der Waals surface area contributed by atoms with E-state index in [0.29, 0.717) is 0 Å². The van der Waals surface area contributed by atoms with Crippen molar-refractivity contribution < 1.29 is 0 Å². The van der Waals surface area contributed by atoms with Gasteiger partial charge in [0, 0.05) is 17.9 Å². The Morgan fingerprint density at radius 1 is 1.24 bits per heavy atom. The van der Waals surface area contributed by atoms with Crippen LogP contribution in [0.25, 0.3) is 11.4 Å². The molecule has 0 aliphatic carbocycles. The number of hydrogen-bond donors (Lipinski definition) is 1. The molecule has 0 fully saturated rings. The number of nitrogens with one attached hydrogen (secondary N) is 1. The molecule has 5 heteroatoms. The van der Waals surface area contributed by atoms with E-state index in [4.69, 9.17) is 0 Å². The number of hydrogen-bond acceptors (Lipinski definition) is 4. The Morgan fingerprint density at radius 3 is 2.94 bits per heavy atom. The van der Waals surface area contributed by atoms with Crippen molar-refractivity contribution >= 4 is 11.8 Å². The van der Waals surface area contributed by atoms with Crippen molar-refractivity contribution in [3.63, 3.8) is 0 Å². The standard InChI is InChI=1S/C12H14N4S/c1-8-3-4-10(7-9(8)2)11-14-15-12-16(11)13-5-6-17-12/h3-4,7,13H,5-6H2,1-2H3. The Kier molecular flexibility index (Phi) is 2.55. The van der Waals surface area contributed by atoms with Gasteiger partial charge in [0.2, 0.25) is 5.16 Å². The molecule has 0 unspecified atom stereocenters. The lowest BCUT2D eigenvalue weighted by atomic mass is 10.1. The highest BCUT2D eigenvalue weighted by molar-refractivity contribution is 7.99. The van der Waals surface area contributed by atoms with Crippen molar-refractivity contribution in [2.75, 3.05) is 17.7 Å². The molecule has 3 rings (SSSR count). The van der Waals surface area contributed by atoms with Gasteiger partial charge in [-0.05, 0) is 31.0 Å². The van der Waals surface area contributed by atoms with Crippen LogP contribution in [0, 0.1) is 13.8 Å². The normalized spacial score (nSPS) is 14.2. The summed E-state index contributed by atoms with van der Waals surface area (Å²) < 4.78 is 1.98. The first kappa shape index (κ1) is 10.7. The van der Waals surface area contributed by atoms with E-state index in [-0.39, 0.29) is 0 Å². The van der Waals surface area contributed by atoms with Gasteiger partial charge in [0.1, 0.15) is 0 Å². The molecular formula is C12H14N4S. The molecule has 4 nitrogen and oxygen atoms in total. The SMILES string of the molecule is Cc1ccc(-c2nnc3n2NCCS3)cc1C. The Labute approximate surface area is 104 Å². The maximum Gasteiger partial charge on any atom is 0.210 e. The number of fused-ring (bicyclic) bond motifs is 1. The van der Waals surface area contributed by atoms with Crippen LogP contribution in [0.15, 0.2) is 23.4 Å². The van der Waals surface area contributed by atoms with Crippen LogP contribution >= 0.6 is 11.8 Å². The van der Waals surface area contributed by atoms with E-state index in [1.165, 1.54) is 11.1 Å². The van der Waals surface area contributed by atoms with E-state index in [0.717, 1.165) is 28.8 Å². The molecule has 1 aromatic carbocycles. The summed E-state index contributed by atoms with van der Waals surface area (Å²) in [6.07, 6.45) is 0. The molecule has 2 aromatic rings. The highest BCUT2D eigenvalue weighted by atomic mass is 32.2. The van der Waals surface area contributed by atoms with Gasteiger partial charge >= 0.3 is 0 Å². The van der Waals surface area contributed by atoms with Crippen molar-refractivity contribution in [3.8, 4) is 11.4 Å². The summed E-state index contributed by atoms with van der Waals surface area (Å²) in [7, 11) is 0. The zero-order chi connectivity index (χ0) is 11.8. The first-order chi connectivity index (χ1) is 8.25. The van der Waals surface area contributed by atoms with Crippen LogP contribution in [0.2, 0.25) is 0 Å². The molecule has 0 saturated heterocycles. The van der Waals surface area contributed by atoms with Gasteiger partial charge in [0.05, 0.1) is 0 Å². The van der Waals surface area contributed by atoms with Crippen LogP contribution < -0.4 is 5.43 Å². The van der Waals surface area contributed by atoms with Gasteiger partial charge in [0.15, 0.2) is 5.82 Å². The van der Waals surface area contributed by atoms with Gasteiger partial charge in [-0.2, -0.15) is 0 Å². The van der Waals surface area contributed by atoms with Gasteiger partial charge < -0.3 is 5.43 Å². The summed E-state index contributed by atoms with van der Waals surface area (Å²) in [5, 5.41) is 9.42. The zero-order valence-corrected chi connectivity index (χ0v) is 10.7. The van der Waals surface area contributed by atoms with Crippen molar-refractivity contribution in [1.82, 2.24) is 14.9 Å². The number of benzene rings is 1. The summed E-state index contributed by atoms with van der Waals surface area (Å²) >= 11 is 1.74. The van der Waals surface area contributed by atoms with E-state index in [2.05, 4.69) is 47.7 Å². The molecule has 2 heterocycles. The fourth-order valence-corrected chi connectivity index (χ4v) is 2.63. The second-order valence-corrected chi connectivity index (χ2v) is 5.26. The predicted molar refractivity (Wildman–Crippen MR) is 69.9 cm³/mol. The first-order valence-corrected chi connectivity index (χ1v) is 6.64. The maximum absolute atomic E-state index is 4.27. The number of nitrogens with zero attached hydrogens (tertiary/aromatic N) is 3. The summed E-state index contributed by atoms with van der Waals surface area (Å²) in [5.41, 5.74) is 7.01. The second-order valence-electron chi connectivity index (χ2n) is 4.20. The van der Waals surface area contributed by atoms with Gasteiger partial charge in [-0.25, -0.2) is 4.68 Å². The molecule has 17 heavy (non-hydrogen) atoms. The smallest absolute Gasteiger partial charge is 0.210 e. The van der Waals surface area contributed by atoms with Crippen molar-refractivity contribution in [2.45, 2.75) is 19.0 Å². The van der Waals surface area contributed by atoms with Gasteiger partial charge in [-0.15, -0.1) is 10.2 Å². The second kappa shape index (κ2) is 4.07. The summed E-state index contributed by atoms with van der Waals surface area (Å²) in [6.45, 7) is 5.19. The van der Waals surface area contributed by atoms with Crippen molar-refractivity contribution in [3.05, 3.63) is 29.3 Å². The van der Waals surface area contributed by atoms with E-state index in [9.17, 15) is 0 Å². The third-order valence-corrected chi connectivity index (χ3v) is 3.93. The molecule has 0 amide bonds. The van der Waals surface area contributed by atoms with E-state index < -0.39 is 0 Å². The Bertz CT molecular complexity index is 562. The minimum Gasteiger partial charge on any atom is -0.321 e. The molecule has 1 aromatic heterocycles. The molecule has 0 saturated carbocycles. The lowest BCUT2D eigenvalue weighted by Crippen LogP contribution is -2.23. The highest BCUT2D eigenvalue weighted by Gasteiger charge is 2.17. The van der Waals surface area contributed by atoms with E-state index >= 15 is 0 Å². The summed E-state index contributed by atoms with van der Waals surface area (Å²) in [4.78, 5) is 0. The molecule has 1 aliphatic rings. The van der Waals surface area contributed by atoms with E-state index in [1.54, 1.807) is 11.8 Å². The van der Waals surface area contributed by atoms with Crippen molar-refractivity contribution in [2.24, 2.45) is 0 Å². The third-order valence-electron chi connectivity index (χ3n) is 3.00. The largest absolute Gasteiger partial charge is 0.321 e. The molecule has 0 radical (unpaired) electrons. The van der Waals surface area contributed by atoms with Gasteiger partial charge in [-0.1, -0.05) is 23.9 Å². The van der Waals surface area contributed by atoms with Crippen LogP contribution in [0.5, 0.6) is 0 Å². The quantitative estimate of drug-likeness (QED) is 0.837. The average molecular weight is 246 g/mol. The number of rotatable bonds is 1. The molecule has 88 valence electrons. The number of aryl methyl sites for hydroxylation is 2. The fraction of sp³-hybridized carbons (Fsp3) is 0.333. The Morgan fingerprint density at radius 2 is 2.12 bits per heavy atom. The van der Waals surface area contributed by atoms with Crippen LogP contribution in [-0.2, 0) is 0 Å². The summed E-state index contributed by atoms with van der Waals surface area (Å²) in [5.74, 6) is 1.95. The lowest BCUT2D eigenvalue weighted by molar-refractivity contribution is 0.755. The van der Waals surface area contributed by atoms with Crippen molar-refractivity contribution in [1.29, 1.82) is 0 Å². The van der Waals surface area contributed by atoms with E-state index in [1.807, 2.05) is 4.68 Å². The van der Waals surface area contributed by atoms with Crippen LogP contribution in [0.3, 0.4) is 0 Å². The zero-order valence-electron chi connectivity index (χ0n) is 9.90. The molecule has 0 bridgehead atoms. The minimum absolute atomic E-state index is 0.898. The first-order valence-electron chi connectivity index (χ1n) is 5.65. The summed E-state index contributed by atoms with van der Waals surface area (Å²) in [6, 6.07) is 6.39. The Hall–Kier alpha value is -1.49. The fourth-order valence-electron chi connectivity index (χ4n) is 1.87. The third kappa shape index (κ3) is 1.80. The number of aromatic nitrogens is 3. The lowest BCUT2D eigenvalue weighted by Gasteiger charge is -2.16. The Balaban J connectivity index is 2.09. The maximum atomic E-state index is 4.27. The molecule has 0 atom stereocenters. The molecular weight excluding hydrogens is 232 g/mol.